The summed E-state index contributed by atoms with van der Waals surface area (Å²) in [6, 6.07) is 5.49. The van der Waals surface area contributed by atoms with Crippen LogP contribution in [0.5, 0.6) is 0 Å². The fourth-order valence-electron chi connectivity index (χ4n) is 2.22. The number of hydrogen-bond donors (Lipinski definition) is 1. The van der Waals surface area contributed by atoms with Crippen molar-refractivity contribution in [2.45, 2.75) is 45.3 Å². The molecule has 0 aliphatic heterocycles. The van der Waals surface area contributed by atoms with E-state index >= 15 is 0 Å². The summed E-state index contributed by atoms with van der Waals surface area (Å²) in [5, 5.41) is 3.10. The van der Waals surface area contributed by atoms with Crippen molar-refractivity contribution in [1.82, 2.24) is 25.3 Å². The van der Waals surface area contributed by atoms with Crippen LogP contribution in [0.3, 0.4) is 0 Å². The van der Waals surface area contributed by atoms with E-state index in [9.17, 15) is 4.79 Å². The number of hydrogen-bond acceptors (Lipinski definition) is 6. The van der Waals surface area contributed by atoms with Gasteiger partial charge in [0.15, 0.2) is 0 Å². The van der Waals surface area contributed by atoms with Crippen molar-refractivity contribution in [3.8, 4) is 0 Å². The summed E-state index contributed by atoms with van der Waals surface area (Å²) >= 11 is 1.44. The van der Waals surface area contributed by atoms with Crippen molar-refractivity contribution < 1.29 is 4.79 Å². The van der Waals surface area contributed by atoms with Gasteiger partial charge in [-0.25, -0.2) is 19.1 Å². The van der Waals surface area contributed by atoms with Gasteiger partial charge in [0.1, 0.15) is 12.2 Å². The third kappa shape index (κ3) is 5.97. The molecule has 8 heteroatoms. The minimum Gasteiger partial charge on any atom is -0.337 e. The number of rotatable bonds is 8. The monoisotopic (exact) mass is 360 g/mol. The molecule has 7 nitrogen and oxygen atoms in total. The normalized spacial score (nSPS) is 11.8. The maximum atomic E-state index is 12.4. The van der Waals surface area contributed by atoms with Gasteiger partial charge in [0, 0.05) is 23.7 Å². The molecule has 1 unspecified atom stereocenters. The molecule has 2 rings (SSSR count). The van der Waals surface area contributed by atoms with Crippen LogP contribution in [0.25, 0.3) is 0 Å². The Hall–Kier alpha value is -2.22. The molecule has 0 spiro atoms. The predicted molar refractivity (Wildman–Crippen MR) is 100 cm³/mol. The predicted octanol–water partition coefficient (Wildman–Crippen LogP) is 3.23. The van der Waals surface area contributed by atoms with Crippen molar-refractivity contribution in [3.05, 3.63) is 42.2 Å². The van der Waals surface area contributed by atoms with Gasteiger partial charge < -0.3 is 5.32 Å². The highest BCUT2D eigenvalue weighted by atomic mass is 32.2. The number of aromatic nitrogens is 4. The quantitative estimate of drug-likeness (QED) is 0.728. The van der Waals surface area contributed by atoms with Crippen LogP contribution < -0.4 is 9.62 Å². The smallest absolute Gasteiger partial charge is 0.334 e. The summed E-state index contributed by atoms with van der Waals surface area (Å²) in [6.07, 6.45) is 5.74. The van der Waals surface area contributed by atoms with Crippen molar-refractivity contribution >= 4 is 23.9 Å². The molecule has 2 aromatic heterocycles. The van der Waals surface area contributed by atoms with E-state index in [2.05, 4.69) is 39.1 Å². The van der Waals surface area contributed by atoms with Gasteiger partial charge in [0.2, 0.25) is 5.95 Å². The molecule has 2 amide bonds. The summed E-state index contributed by atoms with van der Waals surface area (Å²) in [5.74, 6) is 0.932. The highest BCUT2D eigenvalue weighted by Gasteiger charge is 2.22. The van der Waals surface area contributed by atoms with Crippen molar-refractivity contribution in [1.29, 1.82) is 0 Å². The Bertz CT molecular complexity index is 669. The van der Waals surface area contributed by atoms with E-state index in [1.807, 2.05) is 25.1 Å². The lowest BCUT2D eigenvalue weighted by Gasteiger charge is -2.22. The van der Waals surface area contributed by atoms with Gasteiger partial charge in [0.25, 0.3) is 0 Å². The molecule has 134 valence electrons. The van der Waals surface area contributed by atoms with Crippen LogP contribution in [-0.4, -0.2) is 37.8 Å². The van der Waals surface area contributed by atoms with E-state index in [-0.39, 0.29) is 11.3 Å². The Morgan fingerprint density at radius 2 is 2.12 bits per heavy atom. The van der Waals surface area contributed by atoms with Gasteiger partial charge >= 0.3 is 6.03 Å². The van der Waals surface area contributed by atoms with Crippen molar-refractivity contribution in [3.63, 3.8) is 0 Å². The van der Waals surface area contributed by atoms with E-state index < -0.39 is 0 Å². The zero-order valence-electron chi connectivity index (χ0n) is 14.8. The lowest BCUT2D eigenvalue weighted by molar-refractivity contribution is 0.250. The number of urea groups is 1. The standard InChI is InChI=1S/C17H24N6OS/c1-4-8-13(3)25-23(17(24)18-5-2)16-21-12-20-15(22-16)11-14-9-6-7-10-19-14/h6-7,9-10,12-13H,4-5,8,11H2,1-3H3,(H,18,24). The van der Waals surface area contributed by atoms with Crippen molar-refractivity contribution in [2.24, 2.45) is 0 Å². The second kappa shape index (κ2) is 9.93. The van der Waals surface area contributed by atoms with Crippen LogP contribution in [0.1, 0.15) is 45.1 Å². The van der Waals surface area contributed by atoms with E-state index in [4.69, 9.17) is 0 Å². The Labute approximate surface area is 152 Å². The number of nitrogens with zero attached hydrogens (tertiary/aromatic N) is 5. The molecule has 0 bridgehead atoms. The molecule has 0 radical (unpaired) electrons. The van der Waals surface area contributed by atoms with Gasteiger partial charge in [-0.1, -0.05) is 26.3 Å². The SMILES string of the molecule is CCCC(C)SN(C(=O)NCC)c1ncnc(Cc2ccccn2)n1. The topological polar surface area (TPSA) is 83.9 Å². The van der Waals surface area contributed by atoms with Gasteiger partial charge in [-0.05, 0) is 37.4 Å². The molecule has 0 saturated carbocycles. The largest absolute Gasteiger partial charge is 0.337 e. The zero-order valence-corrected chi connectivity index (χ0v) is 15.7. The van der Waals surface area contributed by atoms with E-state index in [0.29, 0.717) is 24.7 Å². The van der Waals surface area contributed by atoms with Crippen molar-refractivity contribution in [2.75, 3.05) is 10.8 Å². The van der Waals surface area contributed by atoms with Gasteiger partial charge in [0.05, 0.1) is 6.42 Å². The number of carbonyl (C=O) groups excluding carboxylic acids is 1. The zero-order chi connectivity index (χ0) is 18.1. The average Bonchev–Trinajstić information content (AvgIpc) is 2.61. The second-order valence-electron chi connectivity index (χ2n) is 5.53. The number of amides is 2. The second-order valence-corrected chi connectivity index (χ2v) is 6.91. The van der Waals surface area contributed by atoms with Gasteiger partial charge in [-0.2, -0.15) is 4.98 Å². The van der Waals surface area contributed by atoms with E-state index in [1.165, 1.54) is 22.6 Å². The molecule has 0 aromatic carbocycles. The van der Waals surface area contributed by atoms with Gasteiger partial charge in [-0.3, -0.25) is 4.98 Å². The lowest BCUT2D eigenvalue weighted by Crippen LogP contribution is -2.37. The van der Waals surface area contributed by atoms with Crippen LogP contribution in [0.2, 0.25) is 0 Å². The Balaban J connectivity index is 2.20. The average molecular weight is 360 g/mol. The molecule has 0 fully saturated rings. The molecule has 2 heterocycles. The van der Waals surface area contributed by atoms with E-state index in [0.717, 1.165) is 18.5 Å². The first-order chi connectivity index (χ1) is 12.1. The molecule has 1 atom stereocenters. The Morgan fingerprint density at radius 3 is 2.80 bits per heavy atom. The summed E-state index contributed by atoms with van der Waals surface area (Å²) in [7, 11) is 0. The number of carbonyl (C=O) groups is 1. The van der Waals surface area contributed by atoms with Gasteiger partial charge in [-0.15, -0.1) is 0 Å². The number of nitrogens with one attached hydrogen (secondary N) is 1. The summed E-state index contributed by atoms with van der Waals surface area (Å²) < 4.78 is 1.52. The van der Waals surface area contributed by atoms with Crippen LogP contribution in [0.4, 0.5) is 10.7 Å². The fraction of sp³-hybridized carbons (Fsp3) is 0.471. The summed E-state index contributed by atoms with van der Waals surface area (Å²) in [4.78, 5) is 29.6. The molecule has 25 heavy (non-hydrogen) atoms. The van der Waals surface area contributed by atoms with E-state index in [1.54, 1.807) is 6.20 Å². The molecular weight excluding hydrogens is 336 g/mol. The van der Waals surface area contributed by atoms with Crippen LogP contribution in [-0.2, 0) is 6.42 Å². The fourth-order valence-corrected chi connectivity index (χ4v) is 3.26. The first kappa shape index (κ1) is 19.1. The first-order valence-corrected chi connectivity index (χ1v) is 9.30. The Kier molecular flexibility index (Phi) is 7.59. The molecule has 0 saturated heterocycles. The maximum Gasteiger partial charge on any atom is 0.334 e. The summed E-state index contributed by atoms with van der Waals surface area (Å²) in [6.45, 7) is 6.65. The van der Waals surface area contributed by atoms with Crippen LogP contribution in [0.15, 0.2) is 30.7 Å². The summed E-state index contributed by atoms with van der Waals surface area (Å²) in [5.41, 5.74) is 0.871. The van der Waals surface area contributed by atoms with Crippen LogP contribution >= 0.6 is 11.9 Å². The third-order valence-corrected chi connectivity index (χ3v) is 4.48. The molecule has 0 aliphatic carbocycles. The third-order valence-electron chi connectivity index (χ3n) is 3.35. The molecule has 1 N–H and O–H groups in total. The highest BCUT2D eigenvalue weighted by Crippen LogP contribution is 2.25. The lowest BCUT2D eigenvalue weighted by atomic mass is 10.2. The number of anilines is 1. The molecule has 0 aliphatic rings. The van der Waals surface area contributed by atoms with Crippen LogP contribution in [0, 0.1) is 0 Å². The molecular formula is C17H24N6OS. The number of pyridine rings is 1. The minimum absolute atomic E-state index is 0.217. The maximum absolute atomic E-state index is 12.4. The Morgan fingerprint density at radius 1 is 1.28 bits per heavy atom. The minimum atomic E-state index is -0.217. The highest BCUT2D eigenvalue weighted by molar-refractivity contribution is 8.01. The first-order valence-electron chi connectivity index (χ1n) is 8.46. The molecule has 2 aromatic rings.